The molecule has 0 heterocycles. The van der Waals surface area contributed by atoms with Crippen LogP contribution in [0.5, 0.6) is 0 Å². The summed E-state index contributed by atoms with van der Waals surface area (Å²) in [6.45, 7) is 3.40. The van der Waals surface area contributed by atoms with E-state index in [0.717, 1.165) is 5.56 Å². The van der Waals surface area contributed by atoms with Crippen molar-refractivity contribution in [1.82, 2.24) is 4.72 Å². The zero-order valence-corrected chi connectivity index (χ0v) is 10.2. The summed E-state index contributed by atoms with van der Waals surface area (Å²) in [4.78, 5) is 10.9. The lowest BCUT2D eigenvalue weighted by Crippen LogP contribution is -2.25. The molecule has 0 unspecified atom stereocenters. The standard InChI is InChI=1S/C11H15NO3S/c1-9-4-3-5-11(8-9)16(14,15)12-7-6-10(2)13/h3-5,8,12H,6-7H2,1-2H3. The van der Waals surface area contributed by atoms with Crippen LogP contribution in [0.4, 0.5) is 0 Å². The van der Waals surface area contributed by atoms with E-state index in [9.17, 15) is 13.2 Å². The van der Waals surface area contributed by atoms with Crippen molar-refractivity contribution < 1.29 is 13.2 Å². The minimum Gasteiger partial charge on any atom is -0.300 e. The number of sulfonamides is 1. The summed E-state index contributed by atoms with van der Waals surface area (Å²) in [5.74, 6) is -0.0352. The molecule has 0 saturated heterocycles. The smallest absolute Gasteiger partial charge is 0.240 e. The maximum Gasteiger partial charge on any atom is 0.240 e. The normalized spacial score (nSPS) is 11.4. The Morgan fingerprint density at radius 1 is 1.38 bits per heavy atom. The number of benzene rings is 1. The Labute approximate surface area is 95.7 Å². The minimum atomic E-state index is -3.48. The van der Waals surface area contributed by atoms with Crippen LogP contribution in [0.15, 0.2) is 29.2 Å². The molecule has 1 N–H and O–H groups in total. The zero-order valence-electron chi connectivity index (χ0n) is 9.36. The van der Waals surface area contributed by atoms with Crippen LogP contribution in [0, 0.1) is 6.92 Å². The quantitative estimate of drug-likeness (QED) is 0.844. The van der Waals surface area contributed by atoms with Crippen LogP contribution in [0.3, 0.4) is 0 Å². The first-order chi connectivity index (χ1) is 7.42. The van der Waals surface area contributed by atoms with Gasteiger partial charge in [0.25, 0.3) is 0 Å². The molecule has 0 amide bonds. The van der Waals surface area contributed by atoms with E-state index in [2.05, 4.69) is 4.72 Å². The van der Waals surface area contributed by atoms with Crippen molar-refractivity contribution in [1.29, 1.82) is 0 Å². The summed E-state index contributed by atoms with van der Waals surface area (Å²) in [5, 5.41) is 0. The van der Waals surface area contributed by atoms with Gasteiger partial charge in [0.2, 0.25) is 10.0 Å². The average molecular weight is 241 g/mol. The highest BCUT2D eigenvalue weighted by atomic mass is 32.2. The number of ketones is 1. The highest BCUT2D eigenvalue weighted by molar-refractivity contribution is 7.89. The van der Waals surface area contributed by atoms with Crippen molar-refractivity contribution in [2.75, 3.05) is 6.54 Å². The van der Waals surface area contributed by atoms with Crippen molar-refractivity contribution in [3.8, 4) is 0 Å². The van der Waals surface area contributed by atoms with Crippen LogP contribution in [0.1, 0.15) is 18.9 Å². The number of rotatable bonds is 5. The minimum absolute atomic E-state index is 0.0352. The van der Waals surface area contributed by atoms with Crippen LogP contribution < -0.4 is 4.72 Å². The van der Waals surface area contributed by atoms with E-state index in [1.165, 1.54) is 13.0 Å². The molecule has 0 aliphatic rings. The van der Waals surface area contributed by atoms with Crippen LogP contribution >= 0.6 is 0 Å². The van der Waals surface area contributed by atoms with Gasteiger partial charge >= 0.3 is 0 Å². The van der Waals surface area contributed by atoms with Crippen molar-refractivity contribution in [3.63, 3.8) is 0 Å². The zero-order chi connectivity index (χ0) is 12.2. The number of carbonyl (C=O) groups excluding carboxylic acids is 1. The molecule has 16 heavy (non-hydrogen) atoms. The van der Waals surface area contributed by atoms with Crippen LogP contribution in [-0.2, 0) is 14.8 Å². The fraction of sp³-hybridized carbons (Fsp3) is 0.364. The molecule has 0 saturated carbocycles. The largest absolute Gasteiger partial charge is 0.300 e. The van der Waals surface area contributed by atoms with Gasteiger partial charge in [0.15, 0.2) is 0 Å². The lowest BCUT2D eigenvalue weighted by atomic mass is 10.2. The molecular weight excluding hydrogens is 226 g/mol. The third-order valence-electron chi connectivity index (χ3n) is 2.07. The Kier molecular flexibility index (Phi) is 4.20. The summed E-state index contributed by atoms with van der Waals surface area (Å²) >= 11 is 0. The first kappa shape index (κ1) is 12.9. The van der Waals surface area contributed by atoms with Crippen molar-refractivity contribution in [2.24, 2.45) is 0 Å². The predicted octanol–water partition coefficient (Wildman–Crippen LogP) is 1.25. The molecule has 0 aromatic heterocycles. The molecule has 0 fully saturated rings. The second-order valence-electron chi connectivity index (χ2n) is 3.67. The van der Waals surface area contributed by atoms with Gasteiger partial charge in [-0.3, -0.25) is 4.79 Å². The fourth-order valence-corrected chi connectivity index (χ4v) is 2.36. The fourth-order valence-electron chi connectivity index (χ4n) is 1.23. The van der Waals surface area contributed by atoms with Gasteiger partial charge in [0.1, 0.15) is 5.78 Å². The van der Waals surface area contributed by atoms with Gasteiger partial charge in [-0.15, -0.1) is 0 Å². The molecule has 88 valence electrons. The molecule has 5 heteroatoms. The summed E-state index contributed by atoms with van der Waals surface area (Å²) in [5.41, 5.74) is 0.884. The molecule has 1 rings (SSSR count). The Morgan fingerprint density at radius 2 is 2.06 bits per heavy atom. The van der Waals surface area contributed by atoms with Crippen LogP contribution in [-0.4, -0.2) is 20.7 Å². The van der Waals surface area contributed by atoms with Crippen molar-refractivity contribution in [3.05, 3.63) is 29.8 Å². The monoisotopic (exact) mass is 241 g/mol. The van der Waals surface area contributed by atoms with Crippen molar-refractivity contribution >= 4 is 15.8 Å². The SMILES string of the molecule is CC(=O)CCNS(=O)(=O)c1cccc(C)c1. The molecule has 1 aromatic carbocycles. The first-order valence-electron chi connectivity index (χ1n) is 4.97. The lowest BCUT2D eigenvalue weighted by molar-refractivity contribution is -0.116. The van der Waals surface area contributed by atoms with Gasteiger partial charge in [-0.25, -0.2) is 13.1 Å². The van der Waals surface area contributed by atoms with E-state index in [0.29, 0.717) is 0 Å². The molecule has 4 nitrogen and oxygen atoms in total. The molecule has 1 aromatic rings. The van der Waals surface area contributed by atoms with Gasteiger partial charge < -0.3 is 0 Å². The Bertz CT molecular complexity index is 480. The maximum atomic E-state index is 11.7. The van der Waals surface area contributed by atoms with Crippen LogP contribution in [0.2, 0.25) is 0 Å². The summed E-state index contributed by atoms with van der Waals surface area (Å²) in [6.07, 6.45) is 0.213. The lowest BCUT2D eigenvalue weighted by Gasteiger charge is -2.06. The van der Waals surface area contributed by atoms with E-state index in [1.54, 1.807) is 12.1 Å². The van der Waals surface area contributed by atoms with Gasteiger partial charge in [0, 0.05) is 13.0 Å². The Morgan fingerprint density at radius 3 is 2.62 bits per heavy atom. The van der Waals surface area contributed by atoms with E-state index in [-0.39, 0.29) is 23.6 Å². The van der Waals surface area contributed by atoms with Gasteiger partial charge in [0.05, 0.1) is 4.90 Å². The summed E-state index contributed by atoms with van der Waals surface area (Å²) in [6, 6.07) is 6.64. The highest BCUT2D eigenvalue weighted by Gasteiger charge is 2.13. The van der Waals surface area contributed by atoms with E-state index < -0.39 is 10.0 Å². The number of carbonyl (C=O) groups is 1. The number of hydrogen-bond donors (Lipinski definition) is 1. The van der Waals surface area contributed by atoms with Gasteiger partial charge in [-0.1, -0.05) is 12.1 Å². The number of Topliss-reactive ketones (excluding diaryl/α,β-unsaturated/α-hetero) is 1. The van der Waals surface area contributed by atoms with E-state index in [4.69, 9.17) is 0 Å². The molecule has 0 aliphatic carbocycles. The third kappa shape index (κ3) is 3.75. The maximum absolute atomic E-state index is 11.7. The second-order valence-corrected chi connectivity index (χ2v) is 5.43. The molecule has 0 aliphatic heterocycles. The topological polar surface area (TPSA) is 63.2 Å². The number of aryl methyl sites for hydroxylation is 1. The number of hydrogen-bond acceptors (Lipinski definition) is 3. The summed E-state index contributed by atoms with van der Waals surface area (Å²) < 4.78 is 25.9. The summed E-state index contributed by atoms with van der Waals surface area (Å²) in [7, 11) is -3.48. The van der Waals surface area contributed by atoms with Gasteiger partial charge in [-0.05, 0) is 31.5 Å². The third-order valence-corrected chi connectivity index (χ3v) is 3.53. The average Bonchev–Trinajstić information content (AvgIpc) is 2.16. The molecule has 0 spiro atoms. The molecular formula is C11H15NO3S. The molecule has 0 radical (unpaired) electrons. The Balaban J connectivity index is 2.74. The number of nitrogens with one attached hydrogen (secondary N) is 1. The van der Waals surface area contributed by atoms with Gasteiger partial charge in [-0.2, -0.15) is 0 Å². The first-order valence-corrected chi connectivity index (χ1v) is 6.46. The highest BCUT2D eigenvalue weighted by Crippen LogP contribution is 2.10. The van der Waals surface area contributed by atoms with Crippen molar-refractivity contribution in [2.45, 2.75) is 25.2 Å². The van der Waals surface area contributed by atoms with E-state index in [1.807, 2.05) is 13.0 Å². The predicted molar refractivity (Wildman–Crippen MR) is 61.7 cm³/mol. The molecule has 0 bridgehead atoms. The van der Waals surface area contributed by atoms with Crippen LogP contribution in [0.25, 0.3) is 0 Å². The molecule has 0 atom stereocenters. The second kappa shape index (κ2) is 5.23. The Hall–Kier alpha value is -1.20. The van der Waals surface area contributed by atoms with E-state index >= 15 is 0 Å².